The molecule has 6 nitrogen and oxygen atoms in total. The van der Waals surface area contributed by atoms with Crippen LogP contribution in [0.5, 0.6) is 0 Å². The van der Waals surface area contributed by atoms with Crippen LogP contribution in [0.25, 0.3) is 0 Å². The van der Waals surface area contributed by atoms with Crippen LogP contribution in [0.15, 0.2) is 24.3 Å². The first kappa shape index (κ1) is 20.6. The van der Waals surface area contributed by atoms with Crippen LogP contribution in [0.4, 0.5) is 10.5 Å². The molecular formula is C22H33N3O3. The van der Waals surface area contributed by atoms with Crippen molar-refractivity contribution in [3.8, 4) is 0 Å². The highest BCUT2D eigenvalue weighted by atomic mass is 16.5. The molecule has 28 heavy (non-hydrogen) atoms. The van der Waals surface area contributed by atoms with Gasteiger partial charge in [0.1, 0.15) is 0 Å². The molecule has 6 heteroatoms. The van der Waals surface area contributed by atoms with Gasteiger partial charge in [-0.3, -0.25) is 4.79 Å². The Morgan fingerprint density at radius 2 is 1.79 bits per heavy atom. The van der Waals surface area contributed by atoms with Gasteiger partial charge in [0.2, 0.25) is 5.91 Å². The molecule has 3 rings (SSSR count). The van der Waals surface area contributed by atoms with Gasteiger partial charge in [-0.2, -0.15) is 0 Å². The van der Waals surface area contributed by atoms with Gasteiger partial charge < -0.3 is 20.7 Å². The van der Waals surface area contributed by atoms with E-state index in [9.17, 15) is 9.59 Å². The molecule has 2 aliphatic rings. The molecule has 2 aliphatic carbocycles. The molecule has 1 aromatic carbocycles. The molecule has 0 bridgehead atoms. The second-order valence-electron chi connectivity index (χ2n) is 7.99. The van der Waals surface area contributed by atoms with Crippen LogP contribution < -0.4 is 16.0 Å². The number of nitrogens with one attached hydrogen (secondary N) is 3. The third-order valence-electron chi connectivity index (χ3n) is 5.49. The molecule has 3 N–H and O–H groups in total. The average molecular weight is 388 g/mol. The minimum Gasteiger partial charge on any atom is -0.378 e. The van der Waals surface area contributed by atoms with Gasteiger partial charge in [-0.15, -0.1) is 0 Å². The maximum absolute atomic E-state index is 12.1. The summed E-state index contributed by atoms with van der Waals surface area (Å²) in [5.74, 6) is 0.294. The van der Waals surface area contributed by atoms with Crippen LogP contribution in [0, 0.1) is 5.92 Å². The number of hydrogen-bond acceptors (Lipinski definition) is 3. The van der Waals surface area contributed by atoms with Crippen LogP contribution in [-0.4, -0.2) is 31.2 Å². The number of carbonyl (C=O) groups excluding carboxylic acids is 2. The molecule has 154 valence electrons. The van der Waals surface area contributed by atoms with Crippen molar-refractivity contribution in [2.75, 3.05) is 18.5 Å². The van der Waals surface area contributed by atoms with Crippen molar-refractivity contribution in [1.82, 2.24) is 10.6 Å². The quantitative estimate of drug-likeness (QED) is 0.557. The number of benzene rings is 1. The molecule has 2 saturated carbocycles. The lowest BCUT2D eigenvalue weighted by Gasteiger charge is -2.22. The predicted octanol–water partition coefficient (Wildman–Crippen LogP) is 4.13. The minimum atomic E-state index is -0.170. The van der Waals surface area contributed by atoms with E-state index in [2.05, 4.69) is 16.0 Å². The van der Waals surface area contributed by atoms with Gasteiger partial charge in [-0.1, -0.05) is 31.4 Å². The molecule has 0 radical (unpaired) electrons. The van der Waals surface area contributed by atoms with Gasteiger partial charge >= 0.3 is 6.03 Å². The Bertz CT molecular complexity index is 637. The van der Waals surface area contributed by atoms with Crippen molar-refractivity contribution in [1.29, 1.82) is 0 Å². The van der Waals surface area contributed by atoms with E-state index in [4.69, 9.17) is 4.74 Å². The summed E-state index contributed by atoms with van der Waals surface area (Å²) in [7, 11) is 0. The summed E-state index contributed by atoms with van der Waals surface area (Å²) in [6, 6.07) is 7.36. The lowest BCUT2D eigenvalue weighted by molar-refractivity contribution is -0.117. The fourth-order valence-corrected chi connectivity index (χ4v) is 3.53. The first-order valence-corrected chi connectivity index (χ1v) is 10.7. The van der Waals surface area contributed by atoms with E-state index in [1.54, 1.807) is 0 Å². The fourth-order valence-electron chi connectivity index (χ4n) is 3.53. The summed E-state index contributed by atoms with van der Waals surface area (Å²) in [5, 5.41) is 8.76. The molecule has 1 atom stereocenters. The lowest BCUT2D eigenvalue weighted by atomic mass is 9.98. The number of anilines is 1. The largest absolute Gasteiger partial charge is 0.378 e. The Morgan fingerprint density at radius 3 is 2.46 bits per heavy atom. The standard InChI is InChI=1S/C22H33N3O3/c1-16(17-10-12-19(13-11-17)25-21(26)18-8-9-18)24-22(27)23-14-5-15-28-20-6-3-2-4-7-20/h10-13,16,18,20H,2-9,14-15H2,1H3,(H,25,26)(H2,23,24,27). The molecule has 0 aromatic heterocycles. The molecule has 1 aromatic rings. The highest BCUT2D eigenvalue weighted by Crippen LogP contribution is 2.30. The van der Waals surface area contributed by atoms with Gasteiger partial charge in [-0.25, -0.2) is 4.79 Å². The monoisotopic (exact) mass is 387 g/mol. The van der Waals surface area contributed by atoms with Crippen molar-refractivity contribution < 1.29 is 14.3 Å². The Hall–Kier alpha value is -2.08. The summed E-state index contributed by atoms with van der Waals surface area (Å²) in [6.07, 6.45) is 9.46. The van der Waals surface area contributed by atoms with E-state index in [0.717, 1.165) is 30.5 Å². The van der Waals surface area contributed by atoms with Crippen LogP contribution in [0.3, 0.4) is 0 Å². The van der Waals surface area contributed by atoms with Crippen molar-refractivity contribution in [3.05, 3.63) is 29.8 Å². The topological polar surface area (TPSA) is 79.5 Å². The number of carbonyl (C=O) groups is 2. The van der Waals surface area contributed by atoms with Gasteiger partial charge in [0.25, 0.3) is 0 Å². The second-order valence-corrected chi connectivity index (χ2v) is 7.99. The average Bonchev–Trinajstić information content (AvgIpc) is 3.54. The van der Waals surface area contributed by atoms with E-state index >= 15 is 0 Å². The van der Waals surface area contributed by atoms with Crippen molar-refractivity contribution in [2.24, 2.45) is 5.92 Å². The molecule has 1 unspecified atom stereocenters. The summed E-state index contributed by atoms with van der Waals surface area (Å²) in [6.45, 7) is 3.26. The van der Waals surface area contributed by atoms with Crippen LogP contribution >= 0.6 is 0 Å². The Morgan fingerprint density at radius 1 is 1.07 bits per heavy atom. The first-order chi connectivity index (χ1) is 13.6. The molecule has 2 fully saturated rings. The minimum absolute atomic E-state index is 0.103. The van der Waals surface area contributed by atoms with Crippen LogP contribution in [0.1, 0.15) is 69.9 Å². The van der Waals surface area contributed by atoms with Crippen LogP contribution in [0.2, 0.25) is 0 Å². The van der Waals surface area contributed by atoms with E-state index in [1.165, 1.54) is 32.1 Å². The SMILES string of the molecule is CC(NC(=O)NCCCOC1CCCCC1)c1ccc(NC(=O)C2CC2)cc1. The summed E-state index contributed by atoms with van der Waals surface area (Å²) in [4.78, 5) is 23.9. The molecule has 0 heterocycles. The maximum atomic E-state index is 12.1. The Labute approximate surface area is 167 Å². The van der Waals surface area contributed by atoms with E-state index in [1.807, 2.05) is 31.2 Å². The molecule has 3 amide bonds. The third-order valence-corrected chi connectivity index (χ3v) is 5.49. The second kappa shape index (κ2) is 10.5. The summed E-state index contributed by atoms with van der Waals surface area (Å²) in [5.41, 5.74) is 1.80. The normalized spacial score (nSPS) is 18.3. The first-order valence-electron chi connectivity index (χ1n) is 10.7. The molecular weight excluding hydrogens is 354 g/mol. The van der Waals surface area contributed by atoms with Crippen LogP contribution in [-0.2, 0) is 9.53 Å². The van der Waals surface area contributed by atoms with Gasteiger partial charge in [0.15, 0.2) is 0 Å². The van der Waals surface area contributed by atoms with Crippen molar-refractivity contribution >= 4 is 17.6 Å². The Balaban J connectivity index is 1.30. The molecule has 0 aliphatic heterocycles. The predicted molar refractivity (Wildman–Crippen MR) is 110 cm³/mol. The van der Waals surface area contributed by atoms with Crippen molar-refractivity contribution in [2.45, 2.75) is 70.4 Å². The molecule has 0 saturated heterocycles. The number of rotatable bonds is 9. The maximum Gasteiger partial charge on any atom is 0.315 e. The van der Waals surface area contributed by atoms with Crippen molar-refractivity contribution in [3.63, 3.8) is 0 Å². The van der Waals surface area contributed by atoms with Gasteiger partial charge in [0.05, 0.1) is 12.1 Å². The highest BCUT2D eigenvalue weighted by Gasteiger charge is 2.29. The lowest BCUT2D eigenvalue weighted by Crippen LogP contribution is -2.37. The number of amides is 3. The zero-order valence-corrected chi connectivity index (χ0v) is 16.8. The fraction of sp³-hybridized carbons (Fsp3) is 0.636. The zero-order valence-electron chi connectivity index (χ0n) is 16.8. The zero-order chi connectivity index (χ0) is 19.8. The molecule has 0 spiro atoms. The highest BCUT2D eigenvalue weighted by molar-refractivity contribution is 5.94. The van der Waals surface area contributed by atoms with Gasteiger partial charge in [0, 0.05) is 24.8 Å². The summed E-state index contributed by atoms with van der Waals surface area (Å²) >= 11 is 0. The summed E-state index contributed by atoms with van der Waals surface area (Å²) < 4.78 is 5.87. The smallest absolute Gasteiger partial charge is 0.315 e. The van der Waals surface area contributed by atoms with Gasteiger partial charge in [-0.05, 0) is 56.7 Å². The third kappa shape index (κ3) is 6.82. The van der Waals surface area contributed by atoms with E-state index < -0.39 is 0 Å². The number of hydrogen-bond donors (Lipinski definition) is 3. The van der Waals surface area contributed by atoms with E-state index in [-0.39, 0.29) is 23.9 Å². The number of ether oxygens (including phenoxy) is 1. The van der Waals surface area contributed by atoms with E-state index in [0.29, 0.717) is 19.3 Å². The number of urea groups is 1. The Kier molecular flexibility index (Phi) is 7.71.